The lowest BCUT2D eigenvalue weighted by molar-refractivity contribution is 1.01. The predicted octanol–water partition coefficient (Wildman–Crippen LogP) is 5.77. The molecule has 2 atom stereocenters. The third-order valence-corrected chi connectivity index (χ3v) is 9.47. The van der Waals surface area contributed by atoms with Crippen LogP contribution >= 0.6 is 0 Å². The Balaban J connectivity index is 1.89. The minimum Gasteiger partial charge on any atom is -0.0732 e. The Labute approximate surface area is 140 Å². The summed E-state index contributed by atoms with van der Waals surface area (Å²) in [4.78, 5) is 0. The maximum absolute atomic E-state index is 2.54. The Bertz CT molecular complexity index is 748. The molecule has 23 heavy (non-hydrogen) atoms. The van der Waals surface area contributed by atoms with E-state index in [4.69, 9.17) is 0 Å². The molecule has 4 aliphatic carbocycles. The molecule has 0 spiro atoms. The Kier molecular flexibility index (Phi) is 3.24. The van der Waals surface area contributed by atoms with Crippen LogP contribution in [0.15, 0.2) is 93.4 Å². The summed E-state index contributed by atoms with van der Waals surface area (Å²) in [5.74, 6) is 0.992. The van der Waals surface area contributed by atoms with Crippen molar-refractivity contribution in [1.29, 1.82) is 0 Å². The third kappa shape index (κ3) is 2.10. The minimum atomic E-state index is -1.73. The lowest BCUT2D eigenvalue weighted by Crippen LogP contribution is -2.34. The van der Waals surface area contributed by atoms with E-state index in [0.29, 0.717) is 11.8 Å². The van der Waals surface area contributed by atoms with Gasteiger partial charge in [0.25, 0.3) is 0 Å². The van der Waals surface area contributed by atoms with Gasteiger partial charge in [-0.1, -0.05) is 85.0 Å². The average molecular weight is 317 g/mol. The van der Waals surface area contributed by atoms with Gasteiger partial charge in [-0.2, -0.15) is 0 Å². The molecule has 1 heteroatoms. The minimum absolute atomic E-state index is 0.496. The van der Waals surface area contributed by atoms with Crippen LogP contribution in [0.5, 0.6) is 0 Å². The molecular formula is C22H24Si. The highest BCUT2D eigenvalue weighted by Crippen LogP contribution is 2.47. The molecule has 0 fully saturated rings. The largest absolute Gasteiger partial charge is 0.113 e. The Morgan fingerprint density at radius 2 is 1.13 bits per heavy atom. The van der Waals surface area contributed by atoms with Crippen molar-refractivity contribution in [3.8, 4) is 0 Å². The number of hydrogen-bond donors (Lipinski definition) is 0. The van der Waals surface area contributed by atoms with E-state index in [1.165, 1.54) is 11.1 Å². The standard InChI is InChI=1S/C22H24Si/c1-15-13-17-9-5-7-11-19(17)21(15)23(3,4)22-16(2)14-18-10-6-8-12-20(18)22/h5-14,17-18H,1-4H3. The van der Waals surface area contributed by atoms with E-state index in [9.17, 15) is 0 Å². The normalized spacial score (nSPS) is 28.3. The second kappa shape index (κ2) is 5.07. The third-order valence-electron chi connectivity index (χ3n) is 5.60. The van der Waals surface area contributed by atoms with Crippen molar-refractivity contribution in [2.75, 3.05) is 0 Å². The van der Waals surface area contributed by atoms with Crippen molar-refractivity contribution in [3.05, 3.63) is 93.4 Å². The molecule has 0 saturated carbocycles. The van der Waals surface area contributed by atoms with Crippen molar-refractivity contribution in [2.24, 2.45) is 11.8 Å². The summed E-state index contributed by atoms with van der Waals surface area (Å²) < 4.78 is 0. The Hall–Kier alpha value is -1.86. The molecule has 4 aliphatic rings. The average Bonchev–Trinajstić information content (AvgIpc) is 3.02. The molecule has 0 aromatic carbocycles. The second-order valence-corrected chi connectivity index (χ2v) is 11.8. The van der Waals surface area contributed by atoms with Crippen molar-refractivity contribution in [3.63, 3.8) is 0 Å². The van der Waals surface area contributed by atoms with E-state index >= 15 is 0 Å². The van der Waals surface area contributed by atoms with Gasteiger partial charge in [0, 0.05) is 11.8 Å². The van der Waals surface area contributed by atoms with Crippen LogP contribution in [0.1, 0.15) is 13.8 Å². The van der Waals surface area contributed by atoms with Crippen molar-refractivity contribution >= 4 is 8.07 Å². The van der Waals surface area contributed by atoms with E-state index < -0.39 is 8.07 Å². The zero-order valence-corrected chi connectivity index (χ0v) is 15.4. The lowest BCUT2D eigenvalue weighted by Gasteiger charge is -2.31. The quantitative estimate of drug-likeness (QED) is 0.567. The van der Waals surface area contributed by atoms with Gasteiger partial charge in [-0.05, 0) is 35.4 Å². The van der Waals surface area contributed by atoms with Crippen LogP contribution in [0.2, 0.25) is 13.1 Å². The van der Waals surface area contributed by atoms with Gasteiger partial charge in [0.2, 0.25) is 0 Å². The van der Waals surface area contributed by atoms with Crippen molar-refractivity contribution < 1.29 is 0 Å². The molecule has 0 bridgehead atoms. The molecule has 0 aromatic rings. The maximum Gasteiger partial charge on any atom is 0.113 e. The SMILES string of the molecule is CC1=CC2C=CC=CC2=C1[Si](C)(C)C1=C2C=CC=CC2C=C1C. The van der Waals surface area contributed by atoms with Gasteiger partial charge in [-0.3, -0.25) is 0 Å². The fourth-order valence-corrected chi connectivity index (χ4v) is 9.23. The highest BCUT2D eigenvalue weighted by Gasteiger charge is 2.41. The highest BCUT2D eigenvalue weighted by molar-refractivity contribution is 6.92. The molecule has 2 unspecified atom stereocenters. The first-order valence-corrected chi connectivity index (χ1v) is 11.6. The van der Waals surface area contributed by atoms with Crippen LogP contribution in [0.4, 0.5) is 0 Å². The first-order chi connectivity index (χ1) is 11.0. The van der Waals surface area contributed by atoms with Crippen LogP contribution < -0.4 is 0 Å². The molecular weight excluding hydrogens is 292 g/mol. The molecule has 0 saturated heterocycles. The van der Waals surface area contributed by atoms with Crippen LogP contribution in [-0.4, -0.2) is 8.07 Å². The molecule has 0 aliphatic heterocycles. The van der Waals surface area contributed by atoms with E-state index in [1.807, 2.05) is 0 Å². The lowest BCUT2D eigenvalue weighted by atomic mass is 9.98. The second-order valence-electron chi connectivity index (χ2n) is 7.52. The van der Waals surface area contributed by atoms with Gasteiger partial charge < -0.3 is 0 Å². The van der Waals surface area contributed by atoms with E-state index in [0.717, 1.165) is 0 Å². The van der Waals surface area contributed by atoms with Gasteiger partial charge >= 0.3 is 0 Å². The zero-order chi connectivity index (χ0) is 16.2. The number of allylic oxidation sites excluding steroid dienone is 16. The van der Waals surface area contributed by atoms with Gasteiger partial charge in [-0.25, -0.2) is 0 Å². The summed E-state index contributed by atoms with van der Waals surface area (Å²) in [5.41, 5.74) is 6.08. The van der Waals surface area contributed by atoms with Crippen molar-refractivity contribution in [2.45, 2.75) is 26.9 Å². The van der Waals surface area contributed by atoms with Crippen LogP contribution in [0, 0.1) is 11.8 Å². The van der Waals surface area contributed by atoms with Crippen molar-refractivity contribution in [1.82, 2.24) is 0 Å². The highest BCUT2D eigenvalue weighted by atomic mass is 28.3. The summed E-state index contributed by atoms with van der Waals surface area (Å²) in [5, 5.41) is 3.31. The van der Waals surface area contributed by atoms with Gasteiger partial charge in [0.05, 0.1) is 0 Å². The van der Waals surface area contributed by atoms with E-state index in [-0.39, 0.29) is 0 Å². The number of hydrogen-bond acceptors (Lipinski definition) is 0. The summed E-state index contributed by atoms with van der Waals surface area (Å²) in [6, 6.07) is 0. The fourth-order valence-electron chi connectivity index (χ4n) is 4.90. The number of rotatable bonds is 2. The van der Waals surface area contributed by atoms with E-state index in [1.54, 1.807) is 21.5 Å². The molecule has 0 N–H and O–H groups in total. The molecule has 0 radical (unpaired) electrons. The van der Waals surface area contributed by atoms with Crippen LogP contribution in [0.25, 0.3) is 0 Å². The fraction of sp³-hybridized carbons (Fsp3) is 0.273. The predicted molar refractivity (Wildman–Crippen MR) is 103 cm³/mol. The summed E-state index contributed by atoms with van der Waals surface area (Å²) in [6.07, 6.45) is 23.0. The van der Waals surface area contributed by atoms with Gasteiger partial charge in [0.1, 0.15) is 8.07 Å². The monoisotopic (exact) mass is 316 g/mol. The molecule has 116 valence electrons. The summed E-state index contributed by atoms with van der Waals surface area (Å²) in [6.45, 7) is 9.69. The molecule has 0 aromatic heterocycles. The first kappa shape index (κ1) is 14.7. The topological polar surface area (TPSA) is 0 Å². The van der Waals surface area contributed by atoms with Crippen LogP contribution in [-0.2, 0) is 0 Å². The first-order valence-electron chi connectivity index (χ1n) is 8.57. The molecule has 4 rings (SSSR count). The Morgan fingerprint density at radius 1 is 0.696 bits per heavy atom. The summed E-state index contributed by atoms with van der Waals surface area (Å²) >= 11 is 0. The van der Waals surface area contributed by atoms with Gasteiger partial charge in [-0.15, -0.1) is 0 Å². The molecule has 0 amide bonds. The Morgan fingerprint density at radius 3 is 1.57 bits per heavy atom. The van der Waals surface area contributed by atoms with Crippen LogP contribution in [0.3, 0.4) is 0 Å². The molecule has 0 nitrogen and oxygen atoms in total. The molecule has 0 heterocycles. The van der Waals surface area contributed by atoms with Gasteiger partial charge in [0.15, 0.2) is 0 Å². The van der Waals surface area contributed by atoms with E-state index in [2.05, 4.69) is 87.7 Å². The summed E-state index contributed by atoms with van der Waals surface area (Å²) in [7, 11) is -1.73. The zero-order valence-electron chi connectivity index (χ0n) is 14.4. The number of fused-ring (bicyclic) bond motifs is 2. The smallest absolute Gasteiger partial charge is 0.0732 e. The maximum atomic E-state index is 2.54.